The lowest BCUT2D eigenvalue weighted by atomic mass is 10.1. The van der Waals surface area contributed by atoms with Gasteiger partial charge in [-0.2, -0.15) is 0 Å². The highest BCUT2D eigenvalue weighted by Crippen LogP contribution is 2.32. The third-order valence-electron chi connectivity index (χ3n) is 4.83. The highest BCUT2D eigenvalue weighted by Gasteiger charge is 2.17. The molecule has 29 heavy (non-hydrogen) atoms. The molecule has 0 aliphatic carbocycles. The van der Waals surface area contributed by atoms with E-state index < -0.39 is 10.0 Å². The number of nitrogens with one attached hydrogen (secondary N) is 3. The summed E-state index contributed by atoms with van der Waals surface area (Å²) < 4.78 is 43.2. The van der Waals surface area contributed by atoms with Crippen molar-refractivity contribution in [1.82, 2.24) is 15.4 Å². The van der Waals surface area contributed by atoms with E-state index in [4.69, 9.17) is 14.2 Å². The summed E-state index contributed by atoms with van der Waals surface area (Å²) in [6.07, 6.45) is 3.80. The number of benzene rings is 1. The maximum atomic E-state index is 12.1. The minimum Gasteiger partial charge on any atom is -0.454 e. The molecule has 1 aromatic carbocycles. The number of nitrogens with zero attached hydrogens (tertiary/aromatic N) is 1. The summed E-state index contributed by atoms with van der Waals surface area (Å²) in [4.78, 5) is 4.13. The fraction of sp³-hybridized carbons (Fsp3) is 0.632. The third kappa shape index (κ3) is 7.06. The second-order valence-corrected chi connectivity index (χ2v) is 8.95. The lowest BCUT2D eigenvalue weighted by Gasteiger charge is -2.22. The van der Waals surface area contributed by atoms with E-state index in [2.05, 4.69) is 20.3 Å². The Morgan fingerprint density at radius 1 is 1.17 bits per heavy atom. The largest absolute Gasteiger partial charge is 0.454 e. The summed E-state index contributed by atoms with van der Waals surface area (Å²) in [5.41, 5.74) is 1.12. The number of hydrogen-bond acceptors (Lipinski definition) is 6. The standard InChI is InChI=1S/C19H30N4O5S/c1-20-19(21-8-7-15-5-6-17-18(12-15)28-14-27-17)22-9-11-29(24,25)23-13-16-4-2-3-10-26-16/h5-6,12,16,23H,2-4,7-11,13-14H2,1H3,(H2,20,21,22). The minimum atomic E-state index is -3.36. The predicted molar refractivity (Wildman–Crippen MR) is 111 cm³/mol. The molecule has 1 aromatic rings. The van der Waals surface area contributed by atoms with E-state index in [-0.39, 0.29) is 25.2 Å². The summed E-state index contributed by atoms with van der Waals surface area (Å²) in [5.74, 6) is 2.07. The van der Waals surface area contributed by atoms with Crippen molar-refractivity contribution in [2.75, 3.05) is 45.8 Å². The molecule has 9 nitrogen and oxygen atoms in total. The van der Waals surface area contributed by atoms with Crippen LogP contribution in [0.15, 0.2) is 23.2 Å². The summed E-state index contributed by atoms with van der Waals surface area (Å²) >= 11 is 0. The Morgan fingerprint density at radius 2 is 2.00 bits per heavy atom. The zero-order chi connectivity index (χ0) is 20.5. The molecule has 162 valence electrons. The number of ether oxygens (including phenoxy) is 3. The number of rotatable bonds is 9. The normalized spacial score (nSPS) is 19.2. The van der Waals surface area contributed by atoms with Gasteiger partial charge >= 0.3 is 0 Å². The highest BCUT2D eigenvalue weighted by molar-refractivity contribution is 7.89. The molecule has 1 fully saturated rings. The first-order chi connectivity index (χ1) is 14.1. The molecular weight excluding hydrogens is 396 g/mol. The molecule has 0 radical (unpaired) electrons. The number of sulfonamides is 1. The summed E-state index contributed by atoms with van der Waals surface area (Å²) in [7, 11) is -1.70. The van der Waals surface area contributed by atoms with Crippen LogP contribution >= 0.6 is 0 Å². The zero-order valence-corrected chi connectivity index (χ0v) is 17.6. The quantitative estimate of drug-likeness (QED) is 0.392. The van der Waals surface area contributed by atoms with Crippen LogP contribution in [0.1, 0.15) is 24.8 Å². The molecule has 0 spiro atoms. The van der Waals surface area contributed by atoms with Gasteiger partial charge in [0.1, 0.15) is 0 Å². The van der Waals surface area contributed by atoms with E-state index >= 15 is 0 Å². The van der Waals surface area contributed by atoms with Gasteiger partial charge in [0.05, 0.1) is 11.9 Å². The molecule has 1 saturated heterocycles. The van der Waals surface area contributed by atoms with Crippen LogP contribution in [0.3, 0.4) is 0 Å². The first kappa shape index (κ1) is 21.7. The van der Waals surface area contributed by atoms with Gasteiger partial charge in [-0.25, -0.2) is 13.1 Å². The number of aliphatic imine (C=N–C) groups is 1. The van der Waals surface area contributed by atoms with Crippen LogP contribution in [0.25, 0.3) is 0 Å². The minimum absolute atomic E-state index is 0.0166. The van der Waals surface area contributed by atoms with Crippen molar-refractivity contribution < 1.29 is 22.6 Å². The zero-order valence-electron chi connectivity index (χ0n) is 16.8. The number of hydrogen-bond donors (Lipinski definition) is 3. The van der Waals surface area contributed by atoms with E-state index in [1.54, 1.807) is 7.05 Å². The molecule has 10 heteroatoms. The molecular formula is C19H30N4O5S. The SMILES string of the molecule is CN=C(NCCc1ccc2c(c1)OCO2)NCCS(=O)(=O)NCC1CCCCO1. The van der Waals surface area contributed by atoms with Crippen molar-refractivity contribution in [1.29, 1.82) is 0 Å². The fourth-order valence-corrected chi connectivity index (χ4v) is 4.16. The maximum Gasteiger partial charge on any atom is 0.231 e. The average molecular weight is 427 g/mol. The van der Waals surface area contributed by atoms with Crippen LogP contribution < -0.4 is 24.8 Å². The van der Waals surface area contributed by atoms with Crippen molar-refractivity contribution in [2.45, 2.75) is 31.8 Å². The van der Waals surface area contributed by atoms with Gasteiger partial charge in [-0.3, -0.25) is 4.99 Å². The van der Waals surface area contributed by atoms with Gasteiger partial charge in [0.2, 0.25) is 16.8 Å². The Morgan fingerprint density at radius 3 is 2.79 bits per heavy atom. The molecule has 2 aliphatic heterocycles. The molecule has 2 aliphatic rings. The molecule has 1 unspecified atom stereocenters. The van der Waals surface area contributed by atoms with Gasteiger partial charge < -0.3 is 24.8 Å². The monoisotopic (exact) mass is 426 g/mol. The smallest absolute Gasteiger partial charge is 0.231 e. The molecule has 0 bridgehead atoms. The van der Waals surface area contributed by atoms with Crippen LogP contribution in [-0.4, -0.2) is 66.3 Å². The van der Waals surface area contributed by atoms with Crippen molar-refractivity contribution in [3.63, 3.8) is 0 Å². The van der Waals surface area contributed by atoms with Gasteiger partial charge in [-0.1, -0.05) is 6.07 Å². The Bertz CT molecular complexity index is 794. The van der Waals surface area contributed by atoms with E-state index in [0.29, 0.717) is 25.7 Å². The van der Waals surface area contributed by atoms with Crippen LogP contribution in [0.2, 0.25) is 0 Å². The van der Waals surface area contributed by atoms with Crippen LogP contribution in [0.4, 0.5) is 0 Å². The third-order valence-corrected chi connectivity index (χ3v) is 6.18. The lowest BCUT2D eigenvalue weighted by molar-refractivity contribution is 0.0200. The average Bonchev–Trinajstić information content (AvgIpc) is 3.20. The molecule has 3 rings (SSSR count). The van der Waals surface area contributed by atoms with Gasteiger partial charge in [0, 0.05) is 33.3 Å². The molecule has 0 aromatic heterocycles. The fourth-order valence-electron chi connectivity index (χ4n) is 3.21. The van der Waals surface area contributed by atoms with Gasteiger partial charge in [-0.15, -0.1) is 0 Å². The highest BCUT2D eigenvalue weighted by atomic mass is 32.2. The lowest BCUT2D eigenvalue weighted by Crippen LogP contribution is -2.43. The number of guanidine groups is 1. The van der Waals surface area contributed by atoms with Gasteiger partial charge in [-0.05, 0) is 43.4 Å². The number of fused-ring (bicyclic) bond motifs is 1. The van der Waals surface area contributed by atoms with Crippen molar-refractivity contribution in [2.24, 2.45) is 4.99 Å². The summed E-state index contributed by atoms with van der Waals surface area (Å²) in [5, 5.41) is 6.22. The first-order valence-corrected chi connectivity index (χ1v) is 11.6. The van der Waals surface area contributed by atoms with Crippen molar-refractivity contribution >= 4 is 16.0 Å². The summed E-state index contributed by atoms with van der Waals surface area (Å²) in [6, 6.07) is 5.87. The Labute approximate surface area is 172 Å². The Kier molecular flexibility index (Phi) is 7.96. The molecule has 3 N–H and O–H groups in total. The first-order valence-electron chi connectivity index (χ1n) is 9.98. The van der Waals surface area contributed by atoms with Crippen molar-refractivity contribution in [3.8, 4) is 11.5 Å². The Hall–Kier alpha value is -2.04. The Balaban J connectivity index is 1.33. The molecule has 2 heterocycles. The molecule has 0 amide bonds. The van der Waals surface area contributed by atoms with E-state index in [0.717, 1.165) is 42.7 Å². The van der Waals surface area contributed by atoms with Crippen molar-refractivity contribution in [3.05, 3.63) is 23.8 Å². The topological polar surface area (TPSA) is 110 Å². The van der Waals surface area contributed by atoms with Gasteiger partial charge in [0.15, 0.2) is 17.5 Å². The predicted octanol–water partition coefficient (Wildman–Crippen LogP) is 0.611. The van der Waals surface area contributed by atoms with Crippen LogP contribution in [0.5, 0.6) is 11.5 Å². The van der Waals surface area contributed by atoms with E-state index in [1.807, 2.05) is 18.2 Å². The van der Waals surface area contributed by atoms with Crippen LogP contribution in [-0.2, 0) is 21.2 Å². The maximum absolute atomic E-state index is 12.1. The second kappa shape index (κ2) is 10.7. The van der Waals surface area contributed by atoms with Gasteiger partial charge in [0.25, 0.3) is 0 Å². The molecule has 0 saturated carbocycles. The molecule has 1 atom stereocenters. The second-order valence-electron chi connectivity index (χ2n) is 7.02. The van der Waals surface area contributed by atoms with E-state index in [9.17, 15) is 8.42 Å². The summed E-state index contributed by atoms with van der Waals surface area (Å²) in [6.45, 7) is 2.24. The van der Waals surface area contributed by atoms with Crippen LogP contribution in [0, 0.1) is 0 Å². The van der Waals surface area contributed by atoms with E-state index in [1.165, 1.54) is 0 Å².